The lowest BCUT2D eigenvalue weighted by Crippen LogP contribution is -1.87. The molecule has 0 radical (unpaired) electrons. The van der Waals surface area contributed by atoms with Gasteiger partial charge in [0.2, 0.25) is 0 Å². The molecule has 1 heterocycles. The van der Waals surface area contributed by atoms with Crippen LogP contribution >= 0.6 is 15.9 Å². The first-order valence-corrected chi connectivity index (χ1v) is 3.83. The van der Waals surface area contributed by atoms with E-state index >= 15 is 0 Å². The highest BCUT2D eigenvalue weighted by Gasteiger charge is 2.04. The summed E-state index contributed by atoms with van der Waals surface area (Å²) >= 11 is 3.29. The van der Waals surface area contributed by atoms with Crippen molar-refractivity contribution in [1.82, 2.24) is 15.4 Å². The Kier molecular flexibility index (Phi) is 1.32. The molecule has 0 aliphatic rings. The third-order valence-electron chi connectivity index (χ3n) is 1.47. The van der Waals surface area contributed by atoms with Gasteiger partial charge in [0.1, 0.15) is 11.0 Å². The maximum absolute atomic E-state index is 5.69. The Morgan fingerprint density at radius 1 is 1.36 bits per heavy atom. The summed E-state index contributed by atoms with van der Waals surface area (Å²) in [6.07, 6.45) is 0. The van der Waals surface area contributed by atoms with Crippen molar-refractivity contribution in [3.05, 3.63) is 16.6 Å². The molecule has 0 aliphatic carbocycles. The Labute approximate surface area is 70.9 Å². The third kappa shape index (κ3) is 0.883. The molecule has 1 aromatic heterocycles. The number of hydrogen-bond donors (Lipinski definition) is 2. The molecule has 1 aromatic carbocycles. The normalized spacial score (nSPS) is 10.6. The standard InChI is InChI=1S/C6H5BrN4/c7-3-1-2-4-6(5(3)8)10-11-9-4/h1-2H,8H2,(H,9,10,11). The first kappa shape index (κ1) is 6.60. The Hall–Kier alpha value is -1.10. The van der Waals surface area contributed by atoms with E-state index in [4.69, 9.17) is 5.73 Å². The number of aromatic amines is 1. The number of anilines is 1. The van der Waals surface area contributed by atoms with E-state index in [1.807, 2.05) is 12.1 Å². The summed E-state index contributed by atoms with van der Waals surface area (Å²) in [4.78, 5) is 0. The van der Waals surface area contributed by atoms with E-state index < -0.39 is 0 Å². The summed E-state index contributed by atoms with van der Waals surface area (Å²) in [7, 11) is 0. The second kappa shape index (κ2) is 2.20. The number of H-pyrrole nitrogens is 1. The lowest BCUT2D eigenvalue weighted by atomic mass is 10.3. The van der Waals surface area contributed by atoms with Crippen LogP contribution in [0.3, 0.4) is 0 Å². The number of nitrogens with two attached hydrogens (primary N) is 1. The lowest BCUT2D eigenvalue weighted by molar-refractivity contribution is 0.959. The number of fused-ring (bicyclic) bond motifs is 1. The van der Waals surface area contributed by atoms with Crippen LogP contribution < -0.4 is 5.73 Å². The van der Waals surface area contributed by atoms with Gasteiger partial charge in [-0.1, -0.05) is 0 Å². The van der Waals surface area contributed by atoms with Crippen molar-refractivity contribution < 1.29 is 0 Å². The fourth-order valence-corrected chi connectivity index (χ4v) is 1.23. The quantitative estimate of drug-likeness (QED) is 0.648. The summed E-state index contributed by atoms with van der Waals surface area (Å²) in [5, 5.41) is 10.3. The van der Waals surface area contributed by atoms with E-state index in [0.29, 0.717) is 11.2 Å². The van der Waals surface area contributed by atoms with Crippen molar-refractivity contribution in [1.29, 1.82) is 0 Å². The smallest absolute Gasteiger partial charge is 0.136 e. The molecule has 2 rings (SSSR count). The minimum atomic E-state index is 0.622. The van der Waals surface area contributed by atoms with Gasteiger partial charge in [0.25, 0.3) is 0 Å². The van der Waals surface area contributed by atoms with E-state index in [1.165, 1.54) is 0 Å². The Morgan fingerprint density at radius 2 is 2.18 bits per heavy atom. The molecule has 0 spiro atoms. The SMILES string of the molecule is Nc1c(Br)ccc2n[nH]nc12. The molecule has 5 heteroatoms. The van der Waals surface area contributed by atoms with Gasteiger partial charge in [-0.3, -0.25) is 0 Å². The number of halogens is 1. The second-order valence-electron chi connectivity index (χ2n) is 2.15. The number of nitrogens with zero attached hydrogens (tertiary/aromatic N) is 2. The van der Waals surface area contributed by atoms with Crippen LogP contribution in [0, 0.1) is 0 Å². The highest BCUT2D eigenvalue weighted by Crippen LogP contribution is 2.25. The summed E-state index contributed by atoms with van der Waals surface area (Å²) in [6.45, 7) is 0. The van der Waals surface area contributed by atoms with Crippen LogP contribution in [0.4, 0.5) is 5.69 Å². The van der Waals surface area contributed by atoms with Crippen LogP contribution in [0.1, 0.15) is 0 Å². The zero-order valence-electron chi connectivity index (χ0n) is 5.50. The molecule has 0 amide bonds. The summed E-state index contributed by atoms with van der Waals surface area (Å²) in [5.41, 5.74) is 7.81. The molecular formula is C6H5BrN4. The van der Waals surface area contributed by atoms with Gasteiger partial charge < -0.3 is 5.73 Å². The topological polar surface area (TPSA) is 67.6 Å². The predicted octanol–water partition coefficient (Wildman–Crippen LogP) is 1.30. The minimum absolute atomic E-state index is 0.622. The van der Waals surface area contributed by atoms with E-state index in [2.05, 4.69) is 31.3 Å². The van der Waals surface area contributed by atoms with Crippen molar-refractivity contribution >= 4 is 32.7 Å². The average molecular weight is 213 g/mol. The zero-order valence-corrected chi connectivity index (χ0v) is 7.09. The van der Waals surface area contributed by atoms with Gasteiger partial charge in [-0.05, 0) is 28.1 Å². The molecule has 56 valence electrons. The molecule has 0 fully saturated rings. The van der Waals surface area contributed by atoms with Crippen molar-refractivity contribution in [2.45, 2.75) is 0 Å². The maximum Gasteiger partial charge on any atom is 0.136 e. The molecule has 0 bridgehead atoms. The highest BCUT2D eigenvalue weighted by molar-refractivity contribution is 9.10. The van der Waals surface area contributed by atoms with Gasteiger partial charge in [-0.2, -0.15) is 15.4 Å². The van der Waals surface area contributed by atoms with Crippen LogP contribution in [-0.4, -0.2) is 15.4 Å². The molecule has 11 heavy (non-hydrogen) atoms. The molecule has 2 aromatic rings. The number of hydrogen-bond acceptors (Lipinski definition) is 3. The molecular weight excluding hydrogens is 208 g/mol. The minimum Gasteiger partial charge on any atom is -0.396 e. The van der Waals surface area contributed by atoms with E-state index in [1.54, 1.807) is 0 Å². The highest BCUT2D eigenvalue weighted by atomic mass is 79.9. The molecule has 0 unspecified atom stereocenters. The molecule has 4 nitrogen and oxygen atoms in total. The van der Waals surface area contributed by atoms with Gasteiger partial charge in [0, 0.05) is 4.47 Å². The molecule has 0 atom stereocenters. The fourth-order valence-electron chi connectivity index (χ4n) is 0.908. The van der Waals surface area contributed by atoms with Gasteiger partial charge in [-0.25, -0.2) is 0 Å². The second-order valence-corrected chi connectivity index (χ2v) is 3.01. The van der Waals surface area contributed by atoms with Crippen LogP contribution in [0.2, 0.25) is 0 Å². The summed E-state index contributed by atoms with van der Waals surface area (Å²) < 4.78 is 0.846. The molecule has 3 N–H and O–H groups in total. The maximum atomic E-state index is 5.69. The van der Waals surface area contributed by atoms with Crippen LogP contribution in [0.15, 0.2) is 16.6 Å². The number of benzene rings is 1. The number of nitrogens with one attached hydrogen (secondary N) is 1. The van der Waals surface area contributed by atoms with Crippen LogP contribution in [0.5, 0.6) is 0 Å². The van der Waals surface area contributed by atoms with E-state index in [-0.39, 0.29) is 0 Å². The summed E-state index contributed by atoms with van der Waals surface area (Å²) in [6, 6.07) is 3.69. The van der Waals surface area contributed by atoms with Gasteiger partial charge in [-0.15, -0.1) is 0 Å². The van der Waals surface area contributed by atoms with E-state index in [9.17, 15) is 0 Å². The van der Waals surface area contributed by atoms with Crippen LogP contribution in [-0.2, 0) is 0 Å². The van der Waals surface area contributed by atoms with Crippen LogP contribution in [0.25, 0.3) is 11.0 Å². The largest absolute Gasteiger partial charge is 0.396 e. The monoisotopic (exact) mass is 212 g/mol. The Balaban J connectivity index is 2.93. The Morgan fingerprint density at radius 3 is 3.00 bits per heavy atom. The van der Waals surface area contributed by atoms with E-state index in [0.717, 1.165) is 9.99 Å². The number of nitrogen functional groups attached to an aromatic ring is 1. The first-order valence-electron chi connectivity index (χ1n) is 3.03. The predicted molar refractivity (Wildman–Crippen MR) is 46.0 cm³/mol. The Bertz CT molecular complexity index is 394. The fraction of sp³-hybridized carbons (Fsp3) is 0. The van der Waals surface area contributed by atoms with Gasteiger partial charge >= 0.3 is 0 Å². The average Bonchev–Trinajstić information content (AvgIpc) is 2.45. The summed E-state index contributed by atoms with van der Waals surface area (Å²) in [5.74, 6) is 0. The van der Waals surface area contributed by atoms with Crippen molar-refractivity contribution in [3.63, 3.8) is 0 Å². The third-order valence-corrected chi connectivity index (χ3v) is 2.17. The first-order chi connectivity index (χ1) is 5.29. The molecule has 0 saturated heterocycles. The molecule has 0 aliphatic heterocycles. The van der Waals surface area contributed by atoms with Gasteiger partial charge in [0.15, 0.2) is 0 Å². The van der Waals surface area contributed by atoms with Crippen molar-refractivity contribution in [2.24, 2.45) is 0 Å². The lowest BCUT2D eigenvalue weighted by Gasteiger charge is -1.95. The van der Waals surface area contributed by atoms with Crippen molar-refractivity contribution in [3.8, 4) is 0 Å². The zero-order chi connectivity index (χ0) is 7.84. The number of aromatic nitrogens is 3. The van der Waals surface area contributed by atoms with Crippen molar-refractivity contribution in [2.75, 3.05) is 5.73 Å². The number of rotatable bonds is 0. The van der Waals surface area contributed by atoms with Gasteiger partial charge in [0.05, 0.1) is 5.69 Å². The molecule has 0 saturated carbocycles.